The number of tetrazole rings is 1. The van der Waals surface area contributed by atoms with Gasteiger partial charge in [0.15, 0.2) is 11.0 Å². The van der Waals surface area contributed by atoms with Gasteiger partial charge in [-0.15, -0.1) is 5.10 Å². The van der Waals surface area contributed by atoms with E-state index in [2.05, 4.69) is 20.8 Å². The Labute approximate surface area is 400 Å². The van der Waals surface area contributed by atoms with Crippen LogP contribution in [0.25, 0.3) is 32.7 Å². The fraction of sp³-hybridized carbons (Fsp3) is 0.320. The summed E-state index contributed by atoms with van der Waals surface area (Å²) in [7, 11) is 0.213. The van der Waals surface area contributed by atoms with E-state index in [1.165, 1.54) is 15.6 Å². The van der Waals surface area contributed by atoms with Crippen LogP contribution in [-0.2, 0) is 50.3 Å². The number of aromatic nitrogens is 5. The summed E-state index contributed by atoms with van der Waals surface area (Å²) in [5.41, 5.74) is 3.86. The first-order chi connectivity index (χ1) is 32.7. The fourth-order valence-electron chi connectivity index (χ4n) is 7.61. The SMILES string of the molecule is CCOC(=O)CCCCc1ccc(-c2cccc3sc(NC(=O)OC(C)(C)C)nc23)c(-c2nnnn2Cc2ccc(OC)cc2)c1S(=O)(=O)N(Cc1ccc(OC)cc1)Cc1ccc(OC)cc1. The molecule has 0 aliphatic heterocycles. The molecule has 0 fully saturated rings. The standard InChI is InChI=1S/C50H55N7O9S2/c1-8-65-43(58)15-10-9-12-36-22-29-40(41-13-11-14-42-45(41)51-48(67-42)52-49(59)66-50(2,3)4)44(47-53-54-55-57(47)32-35-20-27-39(64-7)28-21-35)46(36)68(60,61)56(30-33-16-23-37(62-5)24-17-33)31-34-18-25-38(63-6)26-19-34/h11,13-14,16-29H,8-10,12,15,30-32H2,1-7H3,(H,51,52,59). The molecule has 0 aliphatic rings. The first-order valence-corrected chi connectivity index (χ1v) is 24.3. The summed E-state index contributed by atoms with van der Waals surface area (Å²) in [5, 5.41) is 16.2. The van der Waals surface area contributed by atoms with Gasteiger partial charge in [-0.25, -0.2) is 22.9 Å². The molecule has 0 spiro atoms. The monoisotopic (exact) mass is 961 g/mol. The highest BCUT2D eigenvalue weighted by atomic mass is 32.2. The number of sulfonamides is 1. The quantitative estimate of drug-likeness (QED) is 0.0563. The lowest BCUT2D eigenvalue weighted by Crippen LogP contribution is -2.32. The lowest BCUT2D eigenvalue weighted by molar-refractivity contribution is -0.143. The fourth-order valence-corrected chi connectivity index (χ4v) is 10.3. The average Bonchev–Trinajstić information content (AvgIpc) is 3.96. The molecule has 0 unspecified atom stereocenters. The van der Waals surface area contributed by atoms with E-state index in [0.717, 1.165) is 21.4 Å². The summed E-state index contributed by atoms with van der Waals surface area (Å²) < 4.78 is 63.2. The van der Waals surface area contributed by atoms with E-state index in [9.17, 15) is 9.59 Å². The minimum Gasteiger partial charge on any atom is -0.497 e. The molecular formula is C50H55N7O9S2. The van der Waals surface area contributed by atoms with E-state index in [1.807, 2.05) is 78.9 Å². The van der Waals surface area contributed by atoms with E-state index < -0.39 is 21.7 Å². The number of para-hydroxylation sites is 1. The number of carbonyl (C=O) groups is 2. The van der Waals surface area contributed by atoms with Gasteiger partial charge in [0.1, 0.15) is 22.8 Å². The van der Waals surface area contributed by atoms with Gasteiger partial charge in [0, 0.05) is 30.6 Å². The molecule has 18 heteroatoms. The number of hydrogen-bond acceptors (Lipinski definition) is 14. The van der Waals surface area contributed by atoms with Crippen LogP contribution in [0.15, 0.2) is 108 Å². The predicted molar refractivity (Wildman–Crippen MR) is 260 cm³/mol. The normalized spacial score (nSPS) is 11.7. The highest BCUT2D eigenvalue weighted by Crippen LogP contribution is 2.44. The molecule has 0 saturated carbocycles. The Hall–Kier alpha value is -6.89. The van der Waals surface area contributed by atoms with E-state index in [1.54, 1.807) is 78.0 Å². The maximum Gasteiger partial charge on any atom is 0.413 e. The van der Waals surface area contributed by atoms with Gasteiger partial charge >= 0.3 is 12.1 Å². The van der Waals surface area contributed by atoms with Crippen molar-refractivity contribution in [2.24, 2.45) is 0 Å². The number of benzene rings is 5. The number of nitrogens with one attached hydrogen (secondary N) is 1. The minimum atomic E-state index is -4.53. The molecule has 0 saturated heterocycles. The summed E-state index contributed by atoms with van der Waals surface area (Å²) in [5.74, 6) is 1.79. The zero-order valence-electron chi connectivity index (χ0n) is 39.1. The molecule has 16 nitrogen and oxygen atoms in total. The number of hydrogen-bond donors (Lipinski definition) is 1. The predicted octanol–water partition coefficient (Wildman–Crippen LogP) is 9.70. The number of amides is 1. The maximum atomic E-state index is 16.2. The van der Waals surface area contributed by atoms with Gasteiger partial charge in [-0.1, -0.05) is 72.0 Å². The zero-order valence-corrected chi connectivity index (χ0v) is 40.8. The van der Waals surface area contributed by atoms with Crippen molar-refractivity contribution in [2.45, 2.75) is 83.5 Å². The Morgan fingerprint density at radius 1 is 0.765 bits per heavy atom. The second-order valence-electron chi connectivity index (χ2n) is 16.8. The molecule has 0 aliphatic carbocycles. The number of nitrogens with zero attached hydrogens (tertiary/aromatic N) is 6. The van der Waals surface area contributed by atoms with E-state index >= 15 is 8.42 Å². The molecule has 7 rings (SSSR count). The van der Waals surface area contributed by atoms with E-state index in [4.69, 9.17) is 28.7 Å². The average molecular weight is 962 g/mol. The first kappa shape index (κ1) is 49.0. The summed E-state index contributed by atoms with van der Waals surface area (Å²) in [6.45, 7) is 7.51. The zero-order chi connectivity index (χ0) is 48.4. The second kappa shape index (κ2) is 21.8. The molecule has 0 radical (unpaired) electrons. The number of carbonyl (C=O) groups excluding carboxylic acids is 2. The Bertz CT molecular complexity index is 2900. The number of methoxy groups -OCH3 is 3. The van der Waals surface area contributed by atoms with Crippen molar-refractivity contribution >= 4 is 48.8 Å². The largest absolute Gasteiger partial charge is 0.497 e. The third-order valence-corrected chi connectivity index (χ3v) is 13.7. The Morgan fingerprint density at radius 2 is 1.37 bits per heavy atom. The van der Waals surface area contributed by atoms with Crippen molar-refractivity contribution < 1.29 is 41.7 Å². The second-order valence-corrected chi connectivity index (χ2v) is 19.7. The van der Waals surface area contributed by atoms with Crippen molar-refractivity contribution in [3.8, 4) is 39.8 Å². The summed E-state index contributed by atoms with van der Waals surface area (Å²) in [6.07, 6.45) is 0.719. The van der Waals surface area contributed by atoms with Gasteiger partial charge in [0.2, 0.25) is 10.0 Å². The summed E-state index contributed by atoms with van der Waals surface area (Å²) >= 11 is 1.26. The van der Waals surface area contributed by atoms with Crippen LogP contribution in [0.4, 0.5) is 9.93 Å². The number of unbranched alkanes of at least 4 members (excludes halogenated alkanes) is 1. The lowest BCUT2D eigenvalue weighted by atomic mass is 9.94. The van der Waals surface area contributed by atoms with Crippen LogP contribution in [-0.4, -0.2) is 83.5 Å². The van der Waals surface area contributed by atoms with Crippen LogP contribution in [0.2, 0.25) is 0 Å². The highest BCUT2D eigenvalue weighted by molar-refractivity contribution is 7.89. The van der Waals surface area contributed by atoms with Crippen molar-refractivity contribution in [2.75, 3.05) is 33.3 Å². The molecule has 0 atom stereocenters. The molecule has 68 heavy (non-hydrogen) atoms. The van der Waals surface area contributed by atoms with Crippen molar-refractivity contribution in [3.63, 3.8) is 0 Å². The van der Waals surface area contributed by atoms with Crippen molar-refractivity contribution in [3.05, 3.63) is 125 Å². The van der Waals surface area contributed by atoms with Gasteiger partial charge < -0.3 is 23.7 Å². The number of ether oxygens (including phenoxy) is 5. The molecule has 7 aromatic rings. The van der Waals surface area contributed by atoms with Gasteiger partial charge in [0.25, 0.3) is 0 Å². The van der Waals surface area contributed by atoms with Gasteiger partial charge in [-0.3, -0.25) is 10.1 Å². The highest BCUT2D eigenvalue weighted by Gasteiger charge is 2.35. The third kappa shape index (κ3) is 12.0. The number of aryl methyl sites for hydroxylation is 1. The number of fused-ring (bicyclic) bond motifs is 1. The third-order valence-electron chi connectivity index (χ3n) is 10.8. The van der Waals surface area contributed by atoms with Gasteiger partial charge in [0.05, 0.1) is 49.6 Å². The van der Waals surface area contributed by atoms with Crippen LogP contribution < -0.4 is 19.5 Å². The molecule has 1 amide bonds. The Balaban J connectivity index is 1.47. The van der Waals surface area contributed by atoms with Gasteiger partial charge in [-0.05, 0) is 128 Å². The Morgan fingerprint density at radius 3 is 1.94 bits per heavy atom. The smallest absolute Gasteiger partial charge is 0.413 e. The summed E-state index contributed by atoms with van der Waals surface area (Å²) in [6, 6.07) is 31.3. The van der Waals surface area contributed by atoms with E-state index in [-0.39, 0.29) is 61.3 Å². The molecule has 1 N–H and O–H groups in total. The van der Waals surface area contributed by atoms with Crippen LogP contribution in [0.1, 0.15) is 69.2 Å². The molecule has 356 valence electrons. The van der Waals surface area contributed by atoms with Gasteiger partial charge in [-0.2, -0.15) is 4.31 Å². The van der Waals surface area contributed by atoms with Crippen LogP contribution in [0.3, 0.4) is 0 Å². The maximum absolute atomic E-state index is 16.2. The molecule has 0 bridgehead atoms. The first-order valence-electron chi connectivity index (χ1n) is 22.1. The number of anilines is 1. The number of rotatable bonds is 20. The summed E-state index contributed by atoms with van der Waals surface area (Å²) in [4.78, 5) is 30.3. The van der Waals surface area contributed by atoms with E-state index in [0.29, 0.717) is 57.4 Å². The lowest BCUT2D eigenvalue weighted by Gasteiger charge is -2.27. The molecule has 5 aromatic carbocycles. The molecule has 2 aromatic heterocycles. The minimum absolute atomic E-state index is 0.00160. The van der Waals surface area contributed by atoms with Crippen molar-refractivity contribution in [1.82, 2.24) is 29.5 Å². The van der Waals surface area contributed by atoms with Crippen molar-refractivity contribution in [1.29, 1.82) is 0 Å². The van der Waals surface area contributed by atoms with Crippen LogP contribution in [0, 0.1) is 0 Å². The Kier molecular flexibility index (Phi) is 15.7. The topological polar surface area (TPSA) is 186 Å². The van der Waals surface area contributed by atoms with Crippen LogP contribution in [0.5, 0.6) is 17.2 Å². The number of esters is 1. The molecule has 2 heterocycles. The number of thiazole rings is 1. The molecular weight excluding hydrogens is 907 g/mol. The van der Waals surface area contributed by atoms with Crippen LogP contribution >= 0.6 is 11.3 Å².